The van der Waals surface area contributed by atoms with E-state index < -0.39 is 0 Å². The Morgan fingerprint density at radius 1 is 1.10 bits per heavy atom. The van der Waals surface area contributed by atoms with E-state index in [0.29, 0.717) is 43.0 Å². The summed E-state index contributed by atoms with van der Waals surface area (Å²) in [6.07, 6.45) is 0.855. The predicted molar refractivity (Wildman–Crippen MR) is 74.4 cm³/mol. The van der Waals surface area contributed by atoms with Crippen molar-refractivity contribution in [2.45, 2.75) is 19.8 Å². The summed E-state index contributed by atoms with van der Waals surface area (Å²) in [5, 5.41) is 0. The molecular weight excluding hydrogens is 258 g/mol. The van der Waals surface area contributed by atoms with Gasteiger partial charge in [0.1, 0.15) is 17.3 Å². The van der Waals surface area contributed by atoms with E-state index in [-0.39, 0.29) is 11.7 Å². The van der Waals surface area contributed by atoms with Gasteiger partial charge in [-0.1, -0.05) is 0 Å². The number of nitrogens with zero attached hydrogens (tertiary/aromatic N) is 1. The first-order valence-corrected chi connectivity index (χ1v) is 6.60. The number of methoxy groups -OCH3 is 2. The van der Waals surface area contributed by atoms with Gasteiger partial charge < -0.3 is 14.4 Å². The Kier molecular flexibility index (Phi) is 4.27. The van der Waals surface area contributed by atoms with Gasteiger partial charge in [0, 0.05) is 25.9 Å². The number of benzene rings is 1. The largest absolute Gasteiger partial charge is 0.496 e. The molecule has 5 heteroatoms. The summed E-state index contributed by atoms with van der Waals surface area (Å²) in [5.74, 6) is 1.28. The zero-order valence-electron chi connectivity index (χ0n) is 12.1. The third-order valence-corrected chi connectivity index (χ3v) is 3.56. The number of likely N-dealkylation sites (tertiary alicyclic amines) is 1. The van der Waals surface area contributed by atoms with Gasteiger partial charge in [0.2, 0.25) is 0 Å². The Morgan fingerprint density at radius 3 is 2.25 bits per heavy atom. The second-order valence-corrected chi connectivity index (χ2v) is 4.85. The minimum Gasteiger partial charge on any atom is -0.496 e. The Labute approximate surface area is 118 Å². The van der Waals surface area contributed by atoms with Gasteiger partial charge in [-0.25, -0.2) is 0 Å². The lowest BCUT2D eigenvalue weighted by Crippen LogP contribution is -2.38. The molecule has 2 rings (SSSR count). The first-order chi connectivity index (χ1) is 9.56. The highest BCUT2D eigenvalue weighted by Crippen LogP contribution is 2.29. The molecule has 1 aromatic carbocycles. The molecule has 1 aliphatic rings. The molecule has 0 radical (unpaired) electrons. The summed E-state index contributed by atoms with van der Waals surface area (Å²) in [7, 11) is 3.11. The molecule has 0 unspecified atom stereocenters. The molecule has 0 bridgehead atoms. The van der Waals surface area contributed by atoms with Crippen molar-refractivity contribution in [2.75, 3.05) is 27.3 Å². The maximum atomic E-state index is 12.5. The van der Waals surface area contributed by atoms with Crippen LogP contribution in [0.4, 0.5) is 0 Å². The molecule has 5 nitrogen and oxygen atoms in total. The molecule has 0 atom stereocenters. The molecular formula is C15H19NO4. The van der Waals surface area contributed by atoms with Crippen molar-refractivity contribution in [1.82, 2.24) is 4.90 Å². The van der Waals surface area contributed by atoms with E-state index in [4.69, 9.17) is 9.47 Å². The fourth-order valence-electron chi connectivity index (χ4n) is 2.35. The van der Waals surface area contributed by atoms with Crippen LogP contribution in [-0.2, 0) is 4.79 Å². The summed E-state index contributed by atoms with van der Waals surface area (Å²) in [6, 6.07) is 3.49. The number of ether oxygens (including phenoxy) is 2. The van der Waals surface area contributed by atoms with E-state index in [1.54, 1.807) is 24.1 Å². The van der Waals surface area contributed by atoms with Gasteiger partial charge in [0.05, 0.1) is 19.8 Å². The molecule has 0 saturated carbocycles. The van der Waals surface area contributed by atoms with Crippen molar-refractivity contribution in [3.8, 4) is 11.5 Å². The quantitative estimate of drug-likeness (QED) is 0.845. The van der Waals surface area contributed by atoms with E-state index in [0.717, 1.165) is 5.56 Å². The summed E-state index contributed by atoms with van der Waals surface area (Å²) in [5.41, 5.74) is 1.39. The van der Waals surface area contributed by atoms with Crippen LogP contribution in [0.3, 0.4) is 0 Å². The van der Waals surface area contributed by atoms with Crippen molar-refractivity contribution in [1.29, 1.82) is 0 Å². The zero-order valence-corrected chi connectivity index (χ0v) is 12.1. The van der Waals surface area contributed by atoms with Crippen LogP contribution in [0.1, 0.15) is 28.8 Å². The fraction of sp³-hybridized carbons (Fsp3) is 0.467. The zero-order chi connectivity index (χ0) is 14.7. The van der Waals surface area contributed by atoms with Crippen LogP contribution >= 0.6 is 0 Å². The minimum absolute atomic E-state index is 0.118. The molecule has 0 aromatic heterocycles. The number of rotatable bonds is 3. The number of carbonyl (C=O) groups excluding carboxylic acids is 2. The molecule has 0 spiro atoms. The number of hydrogen-bond donors (Lipinski definition) is 0. The summed E-state index contributed by atoms with van der Waals surface area (Å²) in [6.45, 7) is 2.84. The van der Waals surface area contributed by atoms with Crippen molar-refractivity contribution in [3.05, 3.63) is 23.3 Å². The Bertz CT molecular complexity index is 529. The molecule has 0 N–H and O–H groups in total. The van der Waals surface area contributed by atoms with Gasteiger partial charge in [-0.15, -0.1) is 0 Å². The van der Waals surface area contributed by atoms with Gasteiger partial charge in [-0.3, -0.25) is 9.59 Å². The lowest BCUT2D eigenvalue weighted by Gasteiger charge is -2.27. The maximum absolute atomic E-state index is 12.5. The normalized spacial score (nSPS) is 15.2. The first-order valence-electron chi connectivity index (χ1n) is 6.60. The third-order valence-electron chi connectivity index (χ3n) is 3.56. The van der Waals surface area contributed by atoms with Gasteiger partial charge in [-0.2, -0.15) is 0 Å². The molecule has 1 heterocycles. The van der Waals surface area contributed by atoms with Crippen LogP contribution in [0, 0.1) is 6.92 Å². The molecule has 1 saturated heterocycles. The monoisotopic (exact) mass is 277 g/mol. The van der Waals surface area contributed by atoms with Crippen molar-refractivity contribution in [3.63, 3.8) is 0 Å². The predicted octanol–water partition coefficient (Wildman–Crippen LogP) is 1.82. The van der Waals surface area contributed by atoms with Crippen molar-refractivity contribution < 1.29 is 19.1 Å². The van der Waals surface area contributed by atoms with Crippen LogP contribution in [0.25, 0.3) is 0 Å². The number of Topliss-reactive ketones (excluding diaryl/α,β-unsaturated/α-hetero) is 1. The van der Waals surface area contributed by atoms with Crippen LogP contribution in [-0.4, -0.2) is 43.9 Å². The average Bonchev–Trinajstić information content (AvgIpc) is 2.47. The number of ketones is 1. The van der Waals surface area contributed by atoms with Crippen molar-refractivity contribution in [2.24, 2.45) is 0 Å². The SMILES string of the molecule is COc1cc(C(=O)N2CCC(=O)CC2)c(OC)cc1C. The number of aryl methyl sites for hydroxylation is 1. The number of hydrogen-bond acceptors (Lipinski definition) is 4. The third kappa shape index (κ3) is 2.76. The van der Waals surface area contributed by atoms with E-state index in [2.05, 4.69) is 0 Å². The highest BCUT2D eigenvalue weighted by atomic mass is 16.5. The van der Waals surface area contributed by atoms with Crippen LogP contribution in [0.5, 0.6) is 11.5 Å². The lowest BCUT2D eigenvalue weighted by molar-refractivity contribution is -0.120. The molecule has 108 valence electrons. The summed E-state index contributed by atoms with van der Waals surface area (Å²) in [4.78, 5) is 25.5. The van der Waals surface area contributed by atoms with Crippen LogP contribution in [0.15, 0.2) is 12.1 Å². The van der Waals surface area contributed by atoms with E-state index >= 15 is 0 Å². The van der Waals surface area contributed by atoms with Gasteiger partial charge in [0.15, 0.2) is 0 Å². The van der Waals surface area contributed by atoms with Gasteiger partial charge in [-0.05, 0) is 24.6 Å². The second kappa shape index (κ2) is 5.94. The number of amides is 1. The summed E-state index contributed by atoms with van der Waals surface area (Å²) >= 11 is 0. The second-order valence-electron chi connectivity index (χ2n) is 4.85. The molecule has 1 amide bonds. The molecule has 1 aliphatic heterocycles. The molecule has 1 fully saturated rings. The molecule has 0 aliphatic carbocycles. The van der Waals surface area contributed by atoms with Gasteiger partial charge in [0.25, 0.3) is 5.91 Å². The summed E-state index contributed by atoms with van der Waals surface area (Å²) < 4.78 is 10.5. The number of carbonyl (C=O) groups is 2. The lowest BCUT2D eigenvalue weighted by atomic mass is 10.1. The molecule has 20 heavy (non-hydrogen) atoms. The fourth-order valence-corrected chi connectivity index (χ4v) is 2.35. The van der Waals surface area contributed by atoms with E-state index in [1.165, 1.54) is 7.11 Å². The Morgan fingerprint density at radius 2 is 1.70 bits per heavy atom. The molecule has 1 aromatic rings. The first kappa shape index (κ1) is 14.4. The smallest absolute Gasteiger partial charge is 0.257 e. The number of piperidine rings is 1. The van der Waals surface area contributed by atoms with Crippen LogP contribution < -0.4 is 9.47 Å². The minimum atomic E-state index is -0.118. The van der Waals surface area contributed by atoms with Crippen molar-refractivity contribution >= 4 is 11.7 Å². The van der Waals surface area contributed by atoms with Gasteiger partial charge >= 0.3 is 0 Å². The standard InChI is InChI=1S/C15H19NO4/c1-10-8-14(20-3)12(9-13(10)19-2)15(18)16-6-4-11(17)5-7-16/h8-9H,4-7H2,1-3H3. The average molecular weight is 277 g/mol. The van der Waals surface area contributed by atoms with E-state index in [9.17, 15) is 9.59 Å². The van der Waals surface area contributed by atoms with Crippen LogP contribution in [0.2, 0.25) is 0 Å². The Balaban J connectivity index is 2.30. The van der Waals surface area contributed by atoms with E-state index in [1.807, 2.05) is 6.92 Å². The topological polar surface area (TPSA) is 55.8 Å². The maximum Gasteiger partial charge on any atom is 0.257 e. The Hall–Kier alpha value is -2.04. The highest BCUT2D eigenvalue weighted by Gasteiger charge is 2.25. The highest BCUT2D eigenvalue weighted by molar-refractivity contribution is 5.98.